The van der Waals surface area contributed by atoms with E-state index < -0.39 is 10.0 Å². The highest BCUT2D eigenvalue weighted by Gasteiger charge is 2.39. The number of hydrogen-bond donors (Lipinski definition) is 1. The monoisotopic (exact) mass is 260 g/mol. The summed E-state index contributed by atoms with van der Waals surface area (Å²) in [7, 11) is -3.06. The van der Waals surface area contributed by atoms with Gasteiger partial charge in [-0.2, -0.15) is 4.31 Å². The molecule has 1 aliphatic heterocycles. The van der Waals surface area contributed by atoms with Gasteiger partial charge in [-0.15, -0.1) is 0 Å². The summed E-state index contributed by atoms with van der Waals surface area (Å²) in [6, 6.07) is 0.303. The Labute approximate surface area is 105 Å². The van der Waals surface area contributed by atoms with Gasteiger partial charge in [0.15, 0.2) is 0 Å². The van der Waals surface area contributed by atoms with Gasteiger partial charge in [-0.3, -0.25) is 0 Å². The van der Waals surface area contributed by atoms with Crippen molar-refractivity contribution in [3.63, 3.8) is 0 Å². The summed E-state index contributed by atoms with van der Waals surface area (Å²) in [4.78, 5) is 0. The number of nitrogens with one attached hydrogen (secondary N) is 1. The minimum atomic E-state index is -3.06. The Morgan fingerprint density at radius 3 is 2.24 bits per heavy atom. The van der Waals surface area contributed by atoms with Crippen LogP contribution in [0.3, 0.4) is 0 Å². The Bertz CT molecular complexity index is 344. The van der Waals surface area contributed by atoms with Gasteiger partial charge in [0.1, 0.15) is 0 Å². The fourth-order valence-electron chi connectivity index (χ4n) is 2.41. The lowest BCUT2D eigenvalue weighted by molar-refractivity contribution is 0.282. The minimum Gasteiger partial charge on any atom is -0.317 e. The van der Waals surface area contributed by atoms with Crippen LogP contribution >= 0.6 is 0 Å². The van der Waals surface area contributed by atoms with Crippen LogP contribution in [0.1, 0.15) is 39.5 Å². The summed E-state index contributed by atoms with van der Waals surface area (Å²) < 4.78 is 26.4. The first-order chi connectivity index (χ1) is 8.01. The predicted molar refractivity (Wildman–Crippen MR) is 69.4 cm³/mol. The van der Waals surface area contributed by atoms with Gasteiger partial charge in [-0.25, -0.2) is 8.42 Å². The highest BCUT2D eigenvalue weighted by molar-refractivity contribution is 7.89. The van der Waals surface area contributed by atoms with Gasteiger partial charge in [-0.05, 0) is 58.5 Å². The molecule has 0 bridgehead atoms. The van der Waals surface area contributed by atoms with Crippen molar-refractivity contribution in [3.05, 3.63) is 0 Å². The van der Waals surface area contributed by atoms with Crippen LogP contribution < -0.4 is 5.32 Å². The molecule has 2 rings (SSSR count). The average Bonchev–Trinajstić information content (AvgIpc) is 3.10. The Balaban J connectivity index is 2.02. The van der Waals surface area contributed by atoms with Crippen LogP contribution in [0.2, 0.25) is 0 Å². The van der Waals surface area contributed by atoms with E-state index in [1.54, 1.807) is 18.2 Å². The van der Waals surface area contributed by atoms with E-state index in [0.29, 0.717) is 12.0 Å². The zero-order valence-electron chi connectivity index (χ0n) is 10.9. The quantitative estimate of drug-likeness (QED) is 0.808. The molecule has 1 N–H and O–H groups in total. The largest absolute Gasteiger partial charge is 0.317 e. The van der Waals surface area contributed by atoms with Crippen LogP contribution in [0.15, 0.2) is 0 Å². The fourth-order valence-corrected chi connectivity index (χ4v) is 4.00. The highest BCUT2D eigenvalue weighted by Crippen LogP contribution is 2.32. The van der Waals surface area contributed by atoms with Gasteiger partial charge in [0.05, 0.1) is 5.25 Å². The molecule has 2 fully saturated rings. The van der Waals surface area contributed by atoms with E-state index in [0.717, 1.165) is 45.3 Å². The molecular weight excluding hydrogens is 236 g/mol. The van der Waals surface area contributed by atoms with Crippen molar-refractivity contribution in [1.82, 2.24) is 9.62 Å². The van der Waals surface area contributed by atoms with Crippen molar-refractivity contribution < 1.29 is 8.42 Å². The lowest BCUT2D eigenvalue weighted by Gasteiger charge is -2.30. The van der Waals surface area contributed by atoms with Crippen LogP contribution in [0.25, 0.3) is 0 Å². The first-order valence-electron chi connectivity index (χ1n) is 6.73. The second-order valence-electron chi connectivity index (χ2n) is 5.59. The molecule has 0 unspecified atom stereocenters. The van der Waals surface area contributed by atoms with Gasteiger partial charge in [0.2, 0.25) is 10.0 Å². The van der Waals surface area contributed by atoms with Gasteiger partial charge in [0.25, 0.3) is 0 Å². The average molecular weight is 260 g/mol. The van der Waals surface area contributed by atoms with Crippen LogP contribution in [-0.2, 0) is 10.0 Å². The van der Waals surface area contributed by atoms with Crippen molar-refractivity contribution in [2.45, 2.75) is 50.8 Å². The lowest BCUT2D eigenvalue weighted by Crippen LogP contribution is -2.43. The first kappa shape index (κ1) is 13.3. The number of rotatable bonds is 5. The van der Waals surface area contributed by atoms with Crippen molar-refractivity contribution in [2.24, 2.45) is 5.92 Å². The maximum Gasteiger partial charge on any atom is 0.216 e. The Morgan fingerprint density at radius 2 is 1.76 bits per heavy atom. The molecule has 5 heteroatoms. The van der Waals surface area contributed by atoms with E-state index in [-0.39, 0.29) is 5.25 Å². The van der Waals surface area contributed by atoms with E-state index in [1.807, 2.05) is 0 Å². The molecule has 0 aromatic heterocycles. The molecule has 0 aromatic carbocycles. The summed E-state index contributed by atoms with van der Waals surface area (Å²) in [5.41, 5.74) is 0. The third-order valence-corrected chi connectivity index (χ3v) is 6.07. The molecule has 0 radical (unpaired) electrons. The SMILES string of the molecule is CC(C)S(=O)(=O)N(CC1CCNCC1)C1CC1. The number of hydrogen-bond acceptors (Lipinski definition) is 3. The van der Waals surface area contributed by atoms with Crippen molar-refractivity contribution >= 4 is 10.0 Å². The minimum absolute atomic E-state index is 0.287. The zero-order chi connectivity index (χ0) is 12.5. The highest BCUT2D eigenvalue weighted by atomic mass is 32.2. The molecule has 2 aliphatic rings. The molecule has 17 heavy (non-hydrogen) atoms. The third-order valence-electron chi connectivity index (χ3n) is 3.77. The van der Waals surface area contributed by atoms with Crippen molar-refractivity contribution in [3.8, 4) is 0 Å². The third kappa shape index (κ3) is 3.20. The maximum atomic E-state index is 12.3. The summed E-state index contributed by atoms with van der Waals surface area (Å²) in [6.07, 6.45) is 4.32. The van der Waals surface area contributed by atoms with Crippen molar-refractivity contribution in [2.75, 3.05) is 19.6 Å². The molecule has 0 aromatic rings. The van der Waals surface area contributed by atoms with E-state index in [2.05, 4.69) is 5.32 Å². The number of sulfonamides is 1. The number of nitrogens with zero attached hydrogens (tertiary/aromatic N) is 1. The normalized spacial score (nSPS) is 23.5. The molecule has 1 aliphatic carbocycles. The molecule has 0 amide bonds. The zero-order valence-corrected chi connectivity index (χ0v) is 11.7. The molecule has 0 spiro atoms. The topological polar surface area (TPSA) is 49.4 Å². The van der Waals surface area contributed by atoms with Gasteiger partial charge >= 0.3 is 0 Å². The predicted octanol–water partition coefficient (Wildman–Crippen LogP) is 1.19. The standard InChI is InChI=1S/C12H24N2O2S/c1-10(2)17(15,16)14(12-3-4-12)9-11-5-7-13-8-6-11/h10-13H,3-9H2,1-2H3. The fraction of sp³-hybridized carbons (Fsp3) is 1.00. The molecule has 4 nitrogen and oxygen atoms in total. The number of piperidine rings is 1. The van der Waals surface area contributed by atoms with E-state index in [4.69, 9.17) is 0 Å². The lowest BCUT2D eigenvalue weighted by atomic mass is 9.98. The van der Waals surface area contributed by atoms with Gasteiger partial charge in [0, 0.05) is 12.6 Å². The summed E-state index contributed by atoms with van der Waals surface area (Å²) >= 11 is 0. The molecule has 1 heterocycles. The Hall–Kier alpha value is -0.130. The smallest absolute Gasteiger partial charge is 0.216 e. The summed E-state index contributed by atoms with van der Waals surface area (Å²) in [6.45, 7) is 6.38. The van der Waals surface area contributed by atoms with Crippen molar-refractivity contribution in [1.29, 1.82) is 0 Å². The molecule has 0 atom stereocenters. The van der Waals surface area contributed by atoms with E-state index >= 15 is 0 Å². The summed E-state index contributed by atoms with van der Waals surface area (Å²) in [5, 5.41) is 3.04. The van der Waals surface area contributed by atoms with Gasteiger partial charge < -0.3 is 5.32 Å². The van der Waals surface area contributed by atoms with E-state index in [1.165, 1.54) is 0 Å². The molecule has 100 valence electrons. The summed E-state index contributed by atoms with van der Waals surface area (Å²) in [5.74, 6) is 0.547. The first-order valence-corrected chi connectivity index (χ1v) is 8.23. The molecule has 1 saturated heterocycles. The Kier molecular flexibility index (Phi) is 4.10. The Morgan fingerprint density at radius 1 is 1.18 bits per heavy atom. The van der Waals surface area contributed by atoms with Gasteiger partial charge in [-0.1, -0.05) is 0 Å². The second-order valence-corrected chi connectivity index (χ2v) is 8.03. The van der Waals surface area contributed by atoms with Crippen LogP contribution in [0.4, 0.5) is 0 Å². The van der Waals surface area contributed by atoms with E-state index in [9.17, 15) is 8.42 Å². The van der Waals surface area contributed by atoms with Crippen LogP contribution in [0, 0.1) is 5.92 Å². The van der Waals surface area contributed by atoms with Crippen LogP contribution in [-0.4, -0.2) is 43.6 Å². The molecular formula is C12H24N2O2S. The maximum absolute atomic E-state index is 12.3. The second kappa shape index (κ2) is 5.24. The van der Waals surface area contributed by atoms with Crippen LogP contribution in [0.5, 0.6) is 0 Å². The molecule has 1 saturated carbocycles.